The van der Waals surface area contributed by atoms with Crippen LogP contribution in [0.4, 0.5) is 11.4 Å². The molecule has 0 radical (unpaired) electrons. The highest BCUT2D eigenvalue weighted by Crippen LogP contribution is 2.48. The predicted molar refractivity (Wildman–Crippen MR) is 119 cm³/mol. The molecule has 2 aromatic rings. The molecule has 1 fully saturated rings. The Bertz CT molecular complexity index is 988. The van der Waals surface area contributed by atoms with Gasteiger partial charge in [0.1, 0.15) is 0 Å². The minimum absolute atomic E-state index is 0.0750. The van der Waals surface area contributed by atoms with E-state index < -0.39 is 10.0 Å². The molecular formula is C22H28N2O4S2. The SMILES string of the molecule is CN(C)S(=O)(=O)c1ccc2c(c1)Sc1ccccc1N2CCCOC1CCCCO1. The lowest BCUT2D eigenvalue weighted by Crippen LogP contribution is -2.26. The topological polar surface area (TPSA) is 59.1 Å². The van der Waals surface area contributed by atoms with E-state index in [9.17, 15) is 8.42 Å². The van der Waals surface area contributed by atoms with Crippen LogP contribution in [0, 0.1) is 0 Å². The number of benzene rings is 2. The average Bonchev–Trinajstić information content (AvgIpc) is 2.76. The summed E-state index contributed by atoms with van der Waals surface area (Å²) < 4.78 is 38.0. The number of sulfonamides is 1. The van der Waals surface area contributed by atoms with Crippen LogP contribution in [0.1, 0.15) is 25.7 Å². The van der Waals surface area contributed by atoms with Crippen LogP contribution < -0.4 is 4.90 Å². The minimum atomic E-state index is -3.47. The van der Waals surface area contributed by atoms with Gasteiger partial charge in [0.25, 0.3) is 0 Å². The third-order valence-corrected chi connectivity index (χ3v) is 8.27. The molecule has 0 N–H and O–H groups in total. The second-order valence-electron chi connectivity index (χ2n) is 7.66. The summed E-state index contributed by atoms with van der Waals surface area (Å²) >= 11 is 1.61. The first-order valence-electron chi connectivity index (χ1n) is 10.3. The van der Waals surface area contributed by atoms with Gasteiger partial charge in [-0.1, -0.05) is 23.9 Å². The lowest BCUT2D eigenvalue weighted by atomic mass is 10.2. The highest BCUT2D eigenvalue weighted by Gasteiger charge is 2.26. The molecule has 2 aliphatic rings. The van der Waals surface area contributed by atoms with Crippen LogP contribution in [0.2, 0.25) is 0 Å². The molecule has 0 aliphatic carbocycles. The van der Waals surface area contributed by atoms with E-state index in [4.69, 9.17) is 9.47 Å². The maximum atomic E-state index is 12.6. The highest BCUT2D eigenvalue weighted by molar-refractivity contribution is 7.99. The van der Waals surface area contributed by atoms with E-state index in [1.165, 1.54) is 4.31 Å². The van der Waals surface area contributed by atoms with Gasteiger partial charge >= 0.3 is 0 Å². The molecule has 162 valence electrons. The van der Waals surface area contributed by atoms with Gasteiger partial charge in [-0.3, -0.25) is 0 Å². The van der Waals surface area contributed by atoms with Crippen LogP contribution in [0.3, 0.4) is 0 Å². The van der Waals surface area contributed by atoms with Gasteiger partial charge in [0, 0.05) is 37.0 Å². The second-order valence-corrected chi connectivity index (χ2v) is 10.9. The van der Waals surface area contributed by atoms with Crippen molar-refractivity contribution in [1.29, 1.82) is 0 Å². The molecular weight excluding hydrogens is 420 g/mol. The molecule has 0 aromatic heterocycles. The number of ether oxygens (including phenoxy) is 2. The van der Waals surface area contributed by atoms with Gasteiger partial charge in [0.15, 0.2) is 6.29 Å². The molecule has 0 saturated carbocycles. The number of hydrogen-bond acceptors (Lipinski definition) is 6. The van der Waals surface area contributed by atoms with Crippen LogP contribution in [0.15, 0.2) is 57.2 Å². The first-order valence-corrected chi connectivity index (χ1v) is 12.6. The van der Waals surface area contributed by atoms with Crippen LogP contribution in [-0.4, -0.2) is 52.9 Å². The summed E-state index contributed by atoms with van der Waals surface area (Å²) in [6.07, 6.45) is 4.02. The highest BCUT2D eigenvalue weighted by atomic mass is 32.2. The molecule has 30 heavy (non-hydrogen) atoms. The van der Waals surface area contributed by atoms with Gasteiger partial charge in [0.05, 0.1) is 22.9 Å². The number of nitrogens with zero attached hydrogens (tertiary/aromatic N) is 2. The van der Waals surface area contributed by atoms with E-state index in [1.54, 1.807) is 38.0 Å². The van der Waals surface area contributed by atoms with Crippen LogP contribution >= 0.6 is 11.8 Å². The van der Waals surface area contributed by atoms with Crippen molar-refractivity contribution in [2.45, 2.75) is 46.7 Å². The Morgan fingerprint density at radius 3 is 2.70 bits per heavy atom. The number of fused-ring (bicyclic) bond motifs is 2. The van der Waals surface area contributed by atoms with Crippen molar-refractivity contribution in [3.05, 3.63) is 42.5 Å². The summed E-state index contributed by atoms with van der Waals surface area (Å²) in [5.41, 5.74) is 2.18. The zero-order chi connectivity index (χ0) is 21.1. The van der Waals surface area contributed by atoms with Crippen molar-refractivity contribution in [2.24, 2.45) is 0 Å². The molecule has 1 unspecified atom stereocenters. The van der Waals surface area contributed by atoms with Crippen molar-refractivity contribution in [1.82, 2.24) is 4.31 Å². The first kappa shape index (κ1) is 21.6. The molecule has 2 aromatic carbocycles. The zero-order valence-corrected chi connectivity index (χ0v) is 19.0. The maximum Gasteiger partial charge on any atom is 0.242 e. The van der Waals surface area contributed by atoms with E-state index in [-0.39, 0.29) is 6.29 Å². The van der Waals surface area contributed by atoms with Crippen LogP contribution in [-0.2, 0) is 19.5 Å². The van der Waals surface area contributed by atoms with Crippen molar-refractivity contribution >= 4 is 33.2 Å². The van der Waals surface area contributed by atoms with Gasteiger partial charge in [-0.05, 0) is 56.0 Å². The Balaban J connectivity index is 1.53. The first-order chi connectivity index (χ1) is 14.5. The van der Waals surface area contributed by atoms with E-state index >= 15 is 0 Å². The van der Waals surface area contributed by atoms with Crippen LogP contribution in [0.25, 0.3) is 0 Å². The summed E-state index contributed by atoms with van der Waals surface area (Å²) in [6, 6.07) is 13.6. The summed E-state index contributed by atoms with van der Waals surface area (Å²) in [4.78, 5) is 4.66. The molecule has 2 heterocycles. The Morgan fingerprint density at radius 1 is 1.13 bits per heavy atom. The summed E-state index contributed by atoms with van der Waals surface area (Å²) in [5.74, 6) is 0. The molecule has 0 spiro atoms. The molecule has 6 nitrogen and oxygen atoms in total. The fourth-order valence-electron chi connectivity index (χ4n) is 3.71. The fraction of sp³-hybridized carbons (Fsp3) is 0.455. The van der Waals surface area contributed by atoms with Crippen LogP contribution in [0.5, 0.6) is 0 Å². The quantitative estimate of drug-likeness (QED) is 0.583. The monoisotopic (exact) mass is 448 g/mol. The molecule has 0 amide bonds. The average molecular weight is 449 g/mol. The van der Waals surface area contributed by atoms with Gasteiger partial charge in [-0.2, -0.15) is 0 Å². The van der Waals surface area contributed by atoms with E-state index in [1.807, 2.05) is 18.2 Å². The normalized spacial score (nSPS) is 18.9. The van der Waals surface area contributed by atoms with Crippen molar-refractivity contribution in [3.8, 4) is 0 Å². The molecule has 1 atom stereocenters. The number of hydrogen-bond donors (Lipinski definition) is 0. The van der Waals surface area contributed by atoms with E-state index in [0.717, 1.165) is 60.0 Å². The smallest absolute Gasteiger partial charge is 0.242 e. The third-order valence-electron chi connectivity index (χ3n) is 5.34. The van der Waals surface area contributed by atoms with Crippen molar-refractivity contribution < 1.29 is 17.9 Å². The summed E-state index contributed by atoms with van der Waals surface area (Å²) in [5, 5.41) is 0. The summed E-state index contributed by atoms with van der Waals surface area (Å²) in [7, 11) is -0.361. The molecule has 0 bridgehead atoms. The molecule has 2 aliphatic heterocycles. The van der Waals surface area contributed by atoms with Gasteiger partial charge in [-0.25, -0.2) is 12.7 Å². The fourth-order valence-corrected chi connectivity index (χ4v) is 5.84. The largest absolute Gasteiger partial charge is 0.353 e. The lowest BCUT2D eigenvalue weighted by molar-refractivity contribution is -0.162. The zero-order valence-electron chi connectivity index (χ0n) is 17.4. The number of anilines is 2. The Kier molecular flexibility index (Phi) is 6.69. The van der Waals surface area contributed by atoms with E-state index in [2.05, 4.69) is 17.0 Å². The Labute approximate surface area is 183 Å². The van der Waals surface area contributed by atoms with Crippen molar-refractivity contribution in [3.63, 3.8) is 0 Å². The second kappa shape index (κ2) is 9.28. The number of rotatable bonds is 7. The maximum absolute atomic E-state index is 12.6. The molecule has 8 heteroatoms. The Morgan fingerprint density at radius 2 is 1.93 bits per heavy atom. The lowest BCUT2D eigenvalue weighted by Gasteiger charge is -2.33. The Hall–Kier alpha value is -1.58. The van der Waals surface area contributed by atoms with Gasteiger partial charge in [-0.15, -0.1) is 0 Å². The number of para-hydroxylation sites is 1. The molecule has 1 saturated heterocycles. The van der Waals surface area contributed by atoms with Crippen molar-refractivity contribution in [2.75, 3.05) is 38.8 Å². The van der Waals surface area contributed by atoms with Gasteiger partial charge < -0.3 is 14.4 Å². The van der Waals surface area contributed by atoms with E-state index in [0.29, 0.717) is 11.5 Å². The predicted octanol–water partition coefficient (Wildman–Crippen LogP) is 4.47. The van der Waals surface area contributed by atoms with Gasteiger partial charge in [0.2, 0.25) is 10.0 Å². The molecule has 4 rings (SSSR count). The summed E-state index contributed by atoms with van der Waals surface area (Å²) in [6.45, 7) is 2.21. The standard InChI is InChI=1S/C22H28N2O4S2/c1-23(2)30(25,26)17-11-12-19-21(16-17)29-20-9-4-3-8-18(20)24(19)13-7-15-28-22-10-5-6-14-27-22/h3-4,8-9,11-12,16,22H,5-7,10,13-15H2,1-2H3. The third kappa shape index (κ3) is 4.53. The minimum Gasteiger partial charge on any atom is -0.353 e.